The van der Waals surface area contributed by atoms with Crippen LogP contribution < -0.4 is 0 Å². The number of rotatable bonds is 4. The van der Waals surface area contributed by atoms with E-state index in [1.165, 1.54) is 5.56 Å². The standard InChI is InChI=1S/C50H29N3O2/c1-2-12-30(13-3-1)31-22-24-32(25-23-31)47-36-16-4-8-18-41(36)51-50(52-47)53-42-19-9-5-17-37(42)46-38(29-40-35-15-7-11-21-44(35)55-49(40)48(46)53)33-26-27-45-39(28-33)34-14-6-10-20-43(34)54-45/h1-29H. The van der Waals surface area contributed by atoms with Gasteiger partial charge in [-0.3, -0.25) is 4.57 Å². The second kappa shape index (κ2) is 11.5. The fourth-order valence-electron chi connectivity index (χ4n) is 8.49. The molecule has 12 aromatic rings. The summed E-state index contributed by atoms with van der Waals surface area (Å²) in [7, 11) is 0. The molecule has 0 N–H and O–H groups in total. The summed E-state index contributed by atoms with van der Waals surface area (Å²) in [5.74, 6) is 0.585. The Bertz CT molecular complexity index is 3480. The first-order chi connectivity index (χ1) is 27.3. The Morgan fingerprint density at radius 3 is 1.82 bits per heavy atom. The van der Waals surface area contributed by atoms with Crippen molar-refractivity contribution >= 4 is 76.6 Å². The van der Waals surface area contributed by atoms with Crippen molar-refractivity contribution in [2.45, 2.75) is 0 Å². The van der Waals surface area contributed by atoms with Gasteiger partial charge in [-0.25, -0.2) is 9.97 Å². The molecule has 12 rings (SSSR count). The maximum atomic E-state index is 6.83. The zero-order valence-electron chi connectivity index (χ0n) is 29.4. The normalized spacial score (nSPS) is 12.0. The van der Waals surface area contributed by atoms with Crippen molar-refractivity contribution in [3.8, 4) is 39.5 Å². The van der Waals surface area contributed by atoms with Gasteiger partial charge in [0.05, 0.1) is 16.7 Å². The number of aromatic nitrogens is 3. The van der Waals surface area contributed by atoms with Gasteiger partial charge < -0.3 is 8.83 Å². The number of nitrogens with zero attached hydrogens (tertiary/aromatic N) is 3. The van der Waals surface area contributed by atoms with Gasteiger partial charge in [0, 0.05) is 43.3 Å². The Hall–Kier alpha value is -7.50. The van der Waals surface area contributed by atoms with Gasteiger partial charge in [0.2, 0.25) is 5.95 Å². The minimum absolute atomic E-state index is 0.585. The van der Waals surface area contributed by atoms with Crippen LogP contribution in [-0.2, 0) is 0 Å². The van der Waals surface area contributed by atoms with E-state index in [9.17, 15) is 0 Å². The zero-order chi connectivity index (χ0) is 36.0. The van der Waals surface area contributed by atoms with E-state index in [4.69, 9.17) is 18.8 Å². The summed E-state index contributed by atoms with van der Waals surface area (Å²) in [4.78, 5) is 10.7. The number of hydrogen-bond donors (Lipinski definition) is 0. The first-order valence-corrected chi connectivity index (χ1v) is 18.5. The molecule has 256 valence electrons. The molecule has 5 nitrogen and oxygen atoms in total. The molecule has 0 amide bonds. The van der Waals surface area contributed by atoms with E-state index in [1.54, 1.807) is 0 Å². The minimum Gasteiger partial charge on any atom is -0.456 e. The molecule has 0 bridgehead atoms. The highest BCUT2D eigenvalue weighted by Gasteiger charge is 2.25. The van der Waals surface area contributed by atoms with E-state index in [2.05, 4.69) is 144 Å². The highest BCUT2D eigenvalue weighted by molar-refractivity contribution is 6.26. The van der Waals surface area contributed by atoms with Gasteiger partial charge in [0.25, 0.3) is 0 Å². The predicted molar refractivity (Wildman–Crippen MR) is 225 cm³/mol. The summed E-state index contributed by atoms with van der Waals surface area (Å²) < 4.78 is 15.3. The molecule has 0 saturated carbocycles. The molecule has 0 aliphatic carbocycles. The molecule has 0 radical (unpaired) electrons. The monoisotopic (exact) mass is 703 g/mol. The van der Waals surface area contributed by atoms with Crippen LogP contribution in [0.2, 0.25) is 0 Å². The van der Waals surface area contributed by atoms with Crippen LogP contribution in [0.4, 0.5) is 0 Å². The van der Waals surface area contributed by atoms with Crippen molar-refractivity contribution < 1.29 is 8.83 Å². The molecule has 4 aromatic heterocycles. The van der Waals surface area contributed by atoms with Gasteiger partial charge in [-0.1, -0.05) is 133 Å². The first kappa shape index (κ1) is 30.0. The molecule has 0 atom stereocenters. The maximum Gasteiger partial charge on any atom is 0.235 e. The van der Waals surface area contributed by atoms with Crippen LogP contribution in [0.1, 0.15) is 0 Å². The first-order valence-electron chi connectivity index (χ1n) is 18.5. The topological polar surface area (TPSA) is 57.0 Å². The van der Waals surface area contributed by atoms with Crippen LogP contribution >= 0.6 is 0 Å². The predicted octanol–water partition coefficient (Wildman–Crippen LogP) is 13.5. The second-order valence-electron chi connectivity index (χ2n) is 14.1. The van der Waals surface area contributed by atoms with Crippen molar-refractivity contribution in [1.29, 1.82) is 0 Å². The number of furan rings is 2. The molecule has 5 heteroatoms. The lowest BCUT2D eigenvalue weighted by Crippen LogP contribution is -2.03. The van der Waals surface area contributed by atoms with Gasteiger partial charge in [-0.15, -0.1) is 0 Å². The largest absolute Gasteiger partial charge is 0.456 e. The fraction of sp³-hybridized carbons (Fsp3) is 0. The van der Waals surface area contributed by atoms with Crippen molar-refractivity contribution in [1.82, 2.24) is 14.5 Å². The Kier molecular flexibility index (Phi) is 6.27. The lowest BCUT2D eigenvalue weighted by molar-refractivity contribution is 0.669. The van der Waals surface area contributed by atoms with Crippen LogP contribution in [-0.4, -0.2) is 14.5 Å². The summed E-state index contributed by atoms with van der Waals surface area (Å²) in [6, 6.07) is 61.3. The third kappa shape index (κ3) is 4.47. The van der Waals surface area contributed by atoms with Crippen LogP contribution in [0, 0.1) is 0 Å². The lowest BCUT2D eigenvalue weighted by atomic mass is 9.95. The summed E-state index contributed by atoms with van der Waals surface area (Å²) in [6.07, 6.45) is 0. The van der Waals surface area contributed by atoms with Gasteiger partial charge in [-0.2, -0.15) is 0 Å². The van der Waals surface area contributed by atoms with E-state index in [-0.39, 0.29) is 0 Å². The molecule has 8 aromatic carbocycles. The molecule has 0 aliphatic rings. The minimum atomic E-state index is 0.585. The van der Waals surface area contributed by atoms with Crippen molar-refractivity contribution in [2.24, 2.45) is 0 Å². The van der Waals surface area contributed by atoms with Crippen molar-refractivity contribution in [3.63, 3.8) is 0 Å². The van der Waals surface area contributed by atoms with E-state index in [0.717, 1.165) is 105 Å². The molecular formula is C50H29N3O2. The van der Waals surface area contributed by atoms with Gasteiger partial charge in [-0.05, 0) is 64.7 Å². The molecule has 4 heterocycles. The fourth-order valence-corrected chi connectivity index (χ4v) is 8.49. The molecule has 0 fully saturated rings. The van der Waals surface area contributed by atoms with E-state index in [0.29, 0.717) is 5.95 Å². The number of para-hydroxylation sites is 4. The number of fused-ring (bicyclic) bond motifs is 11. The van der Waals surface area contributed by atoms with Gasteiger partial charge >= 0.3 is 0 Å². The smallest absolute Gasteiger partial charge is 0.235 e. The molecule has 0 saturated heterocycles. The van der Waals surface area contributed by atoms with E-state index in [1.807, 2.05) is 36.4 Å². The second-order valence-corrected chi connectivity index (χ2v) is 14.1. The number of hydrogen-bond acceptors (Lipinski definition) is 4. The summed E-state index contributed by atoms with van der Waals surface area (Å²) in [5.41, 5.74) is 12.6. The van der Waals surface area contributed by atoms with Crippen LogP contribution in [0.3, 0.4) is 0 Å². The molecule has 0 aliphatic heterocycles. The zero-order valence-corrected chi connectivity index (χ0v) is 29.4. The Morgan fingerprint density at radius 2 is 1.00 bits per heavy atom. The van der Waals surface area contributed by atoms with Crippen molar-refractivity contribution in [3.05, 3.63) is 176 Å². The molecule has 55 heavy (non-hydrogen) atoms. The Labute approximate surface area is 314 Å². The highest BCUT2D eigenvalue weighted by Crippen LogP contribution is 2.46. The van der Waals surface area contributed by atoms with E-state index >= 15 is 0 Å². The third-order valence-corrected chi connectivity index (χ3v) is 11.0. The van der Waals surface area contributed by atoms with Gasteiger partial charge in [0.1, 0.15) is 22.3 Å². The summed E-state index contributed by atoms with van der Waals surface area (Å²) in [5, 5.41) is 7.46. The number of benzene rings is 8. The quantitative estimate of drug-likeness (QED) is 0.183. The lowest BCUT2D eigenvalue weighted by Gasteiger charge is -2.13. The third-order valence-electron chi connectivity index (χ3n) is 11.0. The van der Waals surface area contributed by atoms with Crippen LogP contribution in [0.15, 0.2) is 185 Å². The SMILES string of the molecule is c1ccc(-c2ccc(-c3nc(-n4c5ccccc5c5c(-c6ccc7oc8ccccc8c7c6)cc6c7ccccc7oc6c54)nc4ccccc34)cc2)cc1. The highest BCUT2D eigenvalue weighted by atomic mass is 16.3. The molecular weight excluding hydrogens is 675 g/mol. The molecule has 0 unspecified atom stereocenters. The Morgan fingerprint density at radius 1 is 0.400 bits per heavy atom. The summed E-state index contributed by atoms with van der Waals surface area (Å²) in [6.45, 7) is 0. The average molecular weight is 704 g/mol. The van der Waals surface area contributed by atoms with E-state index < -0.39 is 0 Å². The maximum absolute atomic E-state index is 6.83. The van der Waals surface area contributed by atoms with Crippen LogP contribution in [0.5, 0.6) is 0 Å². The van der Waals surface area contributed by atoms with Gasteiger partial charge in [0.15, 0.2) is 5.58 Å². The van der Waals surface area contributed by atoms with Crippen molar-refractivity contribution in [2.75, 3.05) is 0 Å². The Balaban J connectivity index is 1.18. The van der Waals surface area contributed by atoms with Crippen LogP contribution in [0.25, 0.3) is 116 Å². The molecule has 0 spiro atoms. The average Bonchev–Trinajstić information content (AvgIpc) is 3.93. The summed E-state index contributed by atoms with van der Waals surface area (Å²) >= 11 is 0.